The minimum atomic E-state index is -0.298. The smallest absolute Gasteiger partial charge is 0.198 e. The van der Waals surface area contributed by atoms with E-state index >= 15 is 0 Å². The second-order valence-corrected chi connectivity index (χ2v) is 8.61. The summed E-state index contributed by atoms with van der Waals surface area (Å²) in [4.78, 5) is 0. The zero-order valence-corrected chi connectivity index (χ0v) is 16.9. The Morgan fingerprint density at radius 2 is 1.86 bits per heavy atom. The molecule has 2 aromatic rings. The lowest BCUT2D eigenvalue weighted by Gasteiger charge is -2.50. The van der Waals surface area contributed by atoms with Crippen LogP contribution in [0.5, 0.6) is 11.5 Å². The van der Waals surface area contributed by atoms with Gasteiger partial charge in [0.25, 0.3) is 0 Å². The maximum absolute atomic E-state index is 6.70. The molecule has 0 bridgehead atoms. The molecule has 1 aliphatic carbocycles. The fraction of sp³-hybridized carbons (Fsp3) is 0.458. The molecule has 1 saturated carbocycles. The van der Waals surface area contributed by atoms with Crippen LogP contribution in [0.15, 0.2) is 47.6 Å². The van der Waals surface area contributed by atoms with Crippen LogP contribution in [0.2, 0.25) is 0 Å². The van der Waals surface area contributed by atoms with Gasteiger partial charge in [-0.15, -0.1) is 0 Å². The Hall–Kier alpha value is -2.49. The van der Waals surface area contributed by atoms with E-state index in [2.05, 4.69) is 49.2 Å². The number of hydrogen-bond donors (Lipinski definition) is 0. The third kappa shape index (κ3) is 2.78. The van der Waals surface area contributed by atoms with Crippen LogP contribution in [0, 0.1) is 12.8 Å². The molecule has 28 heavy (non-hydrogen) atoms. The molecule has 4 heteroatoms. The number of ether oxygens (including phenoxy) is 2. The van der Waals surface area contributed by atoms with Gasteiger partial charge in [0.15, 0.2) is 5.72 Å². The van der Waals surface area contributed by atoms with E-state index in [1.54, 1.807) is 7.11 Å². The first-order chi connectivity index (χ1) is 13.6. The molecule has 1 spiro atoms. The predicted molar refractivity (Wildman–Crippen MR) is 111 cm³/mol. The number of fused-ring (bicyclic) bond motifs is 4. The van der Waals surface area contributed by atoms with Crippen LogP contribution < -0.4 is 9.47 Å². The largest absolute Gasteiger partial charge is 0.497 e. The van der Waals surface area contributed by atoms with E-state index in [0.717, 1.165) is 42.4 Å². The lowest BCUT2D eigenvalue weighted by atomic mass is 9.82. The molecular formula is C24H28N2O2. The van der Waals surface area contributed by atoms with E-state index in [0.29, 0.717) is 0 Å². The number of benzene rings is 2. The average Bonchev–Trinajstić information content (AvgIpc) is 3.18. The molecule has 0 unspecified atom stereocenters. The summed E-state index contributed by atoms with van der Waals surface area (Å²) in [6.45, 7) is 4.50. The van der Waals surface area contributed by atoms with Gasteiger partial charge in [-0.1, -0.05) is 24.6 Å². The van der Waals surface area contributed by atoms with Crippen molar-refractivity contribution in [1.29, 1.82) is 0 Å². The topological polar surface area (TPSA) is 34.1 Å². The van der Waals surface area contributed by atoms with Crippen molar-refractivity contribution in [3.63, 3.8) is 0 Å². The van der Waals surface area contributed by atoms with Gasteiger partial charge in [0.1, 0.15) is 11.5 Å². The van der Waals surface area contributed by atoms with Crippen LogP contribution >= 0.6 is 0 Å². The quantitative estimate of drug-likeness (QED) is 0.698. The first-order valence-corrected chi connectivity index (χ1v) is 10.4. The van der Waals surface area contributed by atoms with Crippen molar-refractivity contribution in [3.05, 3.63) is 59.2 Å². The zero-order valence-electron chi connectivity index (χ0n) is 16.9. The molecule has 2 heterocycles. The highest BCUT2D eigenvalue weighted by Crippen LogP contribution is 2.52. The van der Waals surface area contributed by atoms with E-state index in [-0.39, 0.29) is 11.8 Å². The highest BCUT2D eigenvalue weighted by atomic mass is 16.5. The van der Waals surface area contributed by atoms with Gasteiger partial charge >= 0.3 is 0 Å². The van der Waals surface area contributed by atoms with Gasteiger partial charge in [0.05, 0.1) is 18.9 Å². The lowest BCUT2D eigenvalue weighted by molar-refractivity contribution is -0.145. The van der Waals surface area contributed by atoms with Gasteiger partial charge < -0.3 is 9.47 Å². The molecule has 1 atom stereocenters. The van der Waals surface area contributed by atoms with Crippen molar-refractivity contribution in [3.8, 4) is 11.5 Å². The summed E-state index contributed by atoms with van der Waals surface area (Å²) >= 11 is 0. The molecule has 1 fully saturated rings. The third-order valence-corrected chi connectivity index (χ3v) is 6.63. The van der Waals surface area contributed by atoms with Crippen molar-refractivity contribution in [2.24, 2.45) is 11.0 Å². The standard InChI is InChI=1S/C24H28N2O2/c1-16-10-12-24(13-11-16)26-22(20-14-17(2)4-9-23(20)28-24)15-21(25-26)18-5-7-19(27-3)8-6-18/h4-9,14,16,22H,10-13,15H2,1-3H3/t16?,22-,24?/m0/s1. The van der Waals surface area contributed by atoms with Crippen LogP contribution in [-0.2, 0) is 0 Å². The third-order valence-electron chi connectivity index (χ3n) is 6.63. The van der Waals surface area contributed by atoms with Crippen LogP contribution in [0.1, 0.15) is 61.8 Å². The summed E-state index contributed by atoms with van der Waals surface area (Å²) in [7, 11) is 1.70. The van der Waals surface area contributed by atoms with Crippen molar-refractivity contribution in [2.45, 2.75) is 57.7 Å². The second kappa shape index (κ2) is 6.54. The van der Waals surface area contributed by atoms with Crippen LogP contribution in [-0.4, -0.2) is 23.6 Å². The average molecular weight is 377 g/mol. The van der Waals surface area contributed by atoms with Gasteiger partial charge in [0, 0.05) is 24.8 Å². The van der Waals surface area contributed by atoms with Crippen molar-refractivity contribution in [2.75, 3.05) is 7.11 Å². The van der Waals surface area contributed by atoms with Gasteiger partial charge in [-0.2, -0.15) is 5.10 Å². The van der Waals surface area contributed by atoms with E-state index in [4.69, 9.17) is 14.6 Å². The Kier molecular flexibility index (Phi) is 4.11. The molecule has 2 aromatic carbocycles. The summed E-state index contributed by atoms with van der Waals surface area (Å²) in [6.07, 6.45) is 5.38. The molecule has 3 aliphatic rings. The summed E-state index contributed by atoms with van der Waals surface area (Å²) in [5, 5.41) is 7.46. The van der Waals surface area contributed by atoms with Crippen LogP contribution in [0.3, 0.4) is 0 Å². The van der Waals surface area contributed by atoms with Gasteiger partial charge in [-0.05, 0) is 61.6 Å². The molecule has 4 nitrogen and oxygen atoms in total. The molecule has 0 saturated heterocycles. The number of rotatable bonds is 2. The maximum Gasteiger partial charge on any atom is 0.198 e. The Bertz CT molecular complexity index is 911. The second-order valence-electron chi connectivity index (χ2n) is 8.61. The Labute approximate surface area is 167 Å². The van der Waals surface area contributed by atoms with Gasteiger partial charge in [0.2, 0.25) is 0 Å². The first kappa shape index (κ1) is 17.6. The molecule has 0 radical (unpaired) electrons. The molecular weight excluding hydrogens is 348 g/mol. The molecule has 5 rings (SSSR count). The number of nitrogens with zero attached hydrogens (tertiary/aromatic N) is 2. The maximum atomic E-state index is 6.70. The zero-order chi connectivity index (χ0) is 19.3. The monoisotopic (exact) mass is 376 g/mol. The fourth-order valence-corrected chi connectivity index (χ4v) is 4.90. The van der Waals surface area contributed by atoms with Gasteiger partial charge in [-0.25, -0.2) is 5.01 Å². The Morgan fingerprint density at radius 1 is 1.11 bits per heavy atom. The number of hydrogen-bond acceptors (Lipinski definition) is 4. The SMILES string of the molecule is COc1ccc(C2=NN3[C@@H](C2)c2cc(C)ccc2OC32CCC(C)CC2)cc1. The number of hydrazone groups is 1. The Balaban J connectivity index is 1.56. The molecule has 146 valence electrons. The molecule has 0 amide bonds. The van der Waals surface area contributed by atoms with E-state index in [9.17, 15) is 0 Å². The van der Waals surface area contributed by atoms with E-state index < -0.39 is 0 Å². The highest BCUT2D eigenvalue weighted by Gasteiger charge is 2.51. The van der Waals surface area contributed by atoms with Crippen molar-refractivity contribution >= 4 is 5.71 Å². The summed E-state index contributed by atoms with van der Waals surface area (Å²) in [5.74, 6) is 2.69. The van der Waals surface area contributed by atoms with Crippen molar-refractivity contribution < 1.29 is 9.47 Å². The highest BCUT2D eigenvalue weighted by molar-refractivity contribution is 6.02. The molecule has 0 aromatic heterocycles. The number of aryl methyl sites for hydroxylation is 1. The fourth-order valence-electron chi connectivity index (χ4n) is 4.90. The normalized spacial score (nSPS) is 28.4. The molecule has 0 N–H and O–H groups in total. The minimum absolute atomic E-state index is 0.258. The number of methoxy groups -OCH3 is 1. The first-order valence-electron chi connectivity index (χ1n) is 10.4. The van der Waals surface area contributed by atoms with Crippen molar-refractivity contribution in [1.82, 2.24) is 5.01 Å². The Morgan fingerprint density at radius 3 is 2.57 bits per heavy atom. The van der Waals surface area contributed by atoms with Crippen LogP contribution in [0.4, 0.5) is 0 Å². The predicted octanol–water partition coefficient (Wildman–Crippen LogP) is 5.45. The summed E-state index contributed by atoms with van der Waals surface area (Å²) in [5.41, 5.74) is 4.56. The summed E-state index contributed by atoms with van der Waals surface area (Å²) < 4.78 is 12.0. The van der Waals surface area contributed by atoms with E-state index in [1.165, 1.54) is 29.5 Å². The summed E-state index contributed by atoms with van der Waals surface area (Å²) in [6, 6.07) is 15.1. The molecule has 2 aliphatic heterocycles. The minimum Gasteiger partial charge on any atom is -0.497 e. The van der Waals surface area contributed by atoms with Crippen LogP contribution in [0.25, 0.3) is 0 Å². The lowest BCUT2D eigenvalue weighted by Crippen LogP contribution is -2.55. The van der Waals surface area contributed by atoms with E-state index in [1.807, 2.05) is 12.1 Å². The van der Waals surface area contributed by atoms with Gasteiger partial charge in [-0.3, -0.25) is 0 Å².